The van der Waals surface area contributed by atoms with Crippen LogP contribution in [0.5, 0.6) is 0 Å². The van der Waals surface area contributed by atoms with Crippen molar-refractivity contribution >= 4 is 35.0 Å². The predicted molar refractivity (Wildman–Crippen MR) is 93.1 cm³/mol. The van der Waals surface area contributed by atoms with Gasteiger partial charge in [0, 0.05) is 41.4 Å². The van der Waals surface area contributed by atoms with Gasteiger partial charge >= 0.3 is 0 Å². The summed E-state index contributed by atoms with van der Waals surface area (Å²) in [7, 11) is 2.06. The minimum Gasteiger partial charge on any atom is -0.373 e. The minimum absolute atomic E-state index is 0.0632. The van der Waals surface area contributed by atoms with Crippen molar-refractivity contribution in [3.8, 4) is 0 Å². The molecule has 0 aromatic heterocycles. The third kappa shape index (κ3) is 3.39. The number of carbonyl (C=O) groups excluding carboxylic acids is 1. The van der Waals surface area contributed by atoms with Gasteiger partial charge in [-0.3, -0.25) is 4.79 Å². The molecule has 1 heterocycles. The molecular weight excluding hydrogens is 316 g/mol. The fourth-order valence-electron chi connectivity index (χ4n) is 2.42. The Morgan fingerprint density at radius 1 is 1.32 bits per heavy atom. The van der Waals surface area contributed by atoms with E-state index in [0.29, 0.717) is 17.1 Å². The third-order valence-corrected chi connectivity index (χ3v) is 4.94. The lowest BCUT2D eigenvalue weighted by Gasteiger charge is -2.27. The Labute approximate surface area is 139 Å². The highest BCUT2D eigenvalue weighted by Crippen LogP contribution is 2.34. The van der Waals surface area contributed by atoms with E-state index in [1.807, 2.05) is 54.2 Å². The number of carbonyl (C=O) groups is 1. The number of nitrogens with one attached hydrogen (secondary N) is 1. The Morgan fingerprint density at radius 2 is 2.18 bits per heavy atom. The fraction of sp³-hybridized carbons (Fsp3) is 0.235. The molecule has 3 rings (SSSR count). The number of amides is 1. The highest BCUT2D eigenvalue weighted by molar-refractivity contribution is 7.99. The van der Waals surface area contributed by atoms with Crippen molar-refractivity contribution in [2.24, 2.45) is 0 Å². The molecule has 0 bridgehead atoms. The molecule has 0 unspecified atom stereocenters. The summed E-state index contributed by atoms with van der Waals surface area (Å²) < 4.78 is 0. The molecule has 1 amide bonds. The van der Waals surface area contributed by atoms with Gasteiger partial charge in [-0.2, -0.15) is 0 Å². The molecule has 0 atom stereocenters. The lowest BCUT2D eigenvalue weighted by atomic mass is 10.1. The minimum atomic E-state index is -0.0632. The van der Waals surface area contributed by atoms with Crippen LogP contribution >= 0.6 is 23.4 Å². The van der Waals surface area contributed by atoms with Crippen LogP contribution in [-0.4, -0.2) is 25.3 Å². The quantitative estimate of drug-likeness (QED) is 0.927. The fourth-order valence-corrected chi connectivity index (χ4v) is 3.75. The highest BCUT2D eigenvalue weighted by atomic mass is 35.5. The maximum absolute atomic E-state index is 12.3. The van der Waals surface area contributed by atoms with Crippen LogP contribution in [0.15, 0.2) is 47.4 Å². The molecule has 1 aliphatic rings. The van der Waals surface area contributed by atoms with E-state index < -0.39 is 0 Å². The number of benzene rings is 2. The van der Waals surface area contributed by atoms with E-state index in [-0.39, 0.29) is 5.91 Å². The number of anilines is 1. The van der Waals surface area contributed by atoms with Gasteiger partial charge in [-0.15, -0.1) is 11.8 Å². The summed E-state index contributed by atoms with van der Waals surface area (Å²) >= 11 is 7.79. The van der Waals surface area contributed by atoms with Gasteiger partial charge in [0.1, 0.15) is 0 Å². The first-order valence-electron chi connectivity index (χ1n) is 7.14. The summed E-state index contributed by atoms with van der Waals surface area (Å²) in [6.07, 6.45) is 0. The second kappa shape index (κ2) is 6.63. The van der Waals surface area contributed by atoms with Gasteiger partial charge in [-0.1, -0.05) is 23.7 Å². The number of fused-ring (bicyclic) bond motifs is 1. The van der Waals surface area contributed by atoms with E-state index >= 15 is 0 Å². The zero-order chi connectivity index (χ0) is 15.5. The van der Waals surface area contributed by atoms with Gasteiger partial charge in [0.2, 0.25) is 0 Å². The zero-order valence-electron chi connectivity index (χ0n) is 12.3. The van der Waals surface area contributed by atoms with Gasteiger partial charge in [-0.05, 0) is 35.9 Å². The first-order valence-corrected chi connectivity index (χ1v) is 8.50. The van der Waals surface area contributed by atoms with Crippen molar-refractivity contribution in [1.29, 1.82) is 0 Å². The summed E-state index contributed by atoms with van der Waals surface area (Å²) in [5, 5.41) is 3.62. The van der Waals surface area contributed by atoms with Gasteiger partial charge in [0.25, 0.3) is 5.91 Å². The highest BCUT2D eigenvalue weighted by Gasteiger charge is 2.16. The molecule has 0 radical (unpaired) electrons. The number of hydrogen-bond acceptors (Lipinski definition) is 3. The Kier molecular flexibility index (Phi) is 4.60. The molecule has 22 heavy (non-hydrogen) atoms. The van der Waals surface area contributed by atoms with Crippen LogP contribution in [0.2, 0.25) is 5.02 Å². The molecule has 0 spiro atoms. The molecule has 0 aliphatic carbocycles. The van der Waals surface area contributed by atoms with Crippen molar-refractivity contribution in [1.82, 2.24) is 5.32 Å². The van der Waals surface area contributed by atoms with Crippen molar-refractivity contribution in [2.45, 2.75) is 11.4 Å². The monoisotopic (exact) mass is 332 g/mol. The molecule has 5 heteroatoms. The molecule has 114 valence electrons. The van der Waals surface area contributed by atoms with Crippen molar-refractivity contribution in [3.05, 3.63) is 58.6 Å². The van der Waals surface area contributed by atoms with Crippen LogP contribution in [0.3, 0.4) is 0 Å². The number of hydrogen-bond donors (Lipinski definition) is 1. The normalized spacial score (nSPS) is 13.6. The summed E-state index contributed by atoms with van der Waals surface area (Å²) in [6, 6.07) is 13.4. The van der Waals surface area contributed by atoms with E-state index in [0.717, 1.165) is 23.5 Å². The average molecular weight is 333 g/mol. The van der Waals surface area contributed by atoms with Crippen LogP contribution in [0.1, 0.15) is 15.9 Å². The van der Waals surface area contributed by atoms with Crippen LogP contribution in [0.4, 0.5) is 5.69 Å². The summed E-state index contributed by atoms with van der Waals surface area (Å²) in [4.78, 5) is 15.8. The van der Waals surface area contributed by atoms with Gasteiger partial charge in [0.05, 0.1) is 5.69 Å². The van der Waals surface area contributed by atoms with E-state index in [9.17, 15) is 4.79 Å². The Balaban J connectivity index is 1.71. The van der Waals surface area contributed by atoms with Crippen LogP contribution < -0.4 is 10.2 Å². The lowest BCUT2D eigenvalue weighted by Crippen LogP contribution is -2.26. The summed E-state index contributed by atoms with van der Waals surface area (Å²) in [5.41, 5.74) is 2.81. The van der Waals surface area contributed by atoms with Gasteiger partial charge < -0.3 is 10.2 Å². The smallest absolute Gasteiger partial charge is 0.251 e. The molecule has 0 saturated carbocycles. The second-order valence-corrected chi connectivity index (χ2v) is 6.84. The van der Waals surface area contributed by atoms with Gasteiger partial charge in [0.15, 0.2) is 0 Å². The van der Waals surface area contributed by atoms with Crippen molar-refractivity contribution < 1.29 is 4.79 Å². The van der Waals surface area contributed by atoms with E-state index in [2.05, 4.69) is 17.3 Å². The molecule has 1 aliphatic heterocycles. The van der Waals surface area contributed by atoms with Gasteiger partial charge in [-0.25, -0.2) is 0 Å². The van der Waals surface area contributed by atoms with Crippen LogP contribution in [-0.2, 0) is 6.54 Å². The molecule has 2 aromatic carbocycles. The number of halogens is 1. The topological polar surface area (TPSA) is 32.3 Å². The standard InChI is InChI=1S/C17H17ClN2OS/c1-20-7-8-22-16-6-5-13(10-15(16)20)17(21)19-11-12-3-2-4-14(18)9-12/h2-6,9-10H,7-8,11H2,1H3,(H,19,21). The largest absolute Gasteiger partial charge is 0.373 e. The Hall–Kier alpha value is -1.65. The van der Waals surface area contributed by atoms with Crippen LogP contribution in [0, 0.1) is 0 Å². The molecule has 3 nitrogen and oxygen atoms in total. The zero-order valence-corrected chi connectivity index (χ0v) is 13.9. The molecule has 2 aromatic rings. The second-order valence-electron chi connectivity index (χ2n) is 5.27. The summed E-state index contributed by atoms with van der Waals surface area (Å²) in [5.74, 6) is 1.02. The maximum atomic E-state index is 12.3. The van der Waals surface area contributed by atoms with E-state index in [1.54, 1.807) is 0 Å². The molecule has 1 N–H and O–H groups in total. The SMILES string of the molecule is CN1CCSc2ccc(C(=O)NCc3cccc(Cl)c3)cc21. The predicted octanol–water partition coefficient (Wildman–Crippen LogP) is 3.81. The van der Waals surface area contributed by atoms with Crippen LogP contribution in [0.25, 0.3) is 0 Å². The van der Waals surface area contributed by atoms with Crippen molar-refractivity contribution in [3.63, 3.8) is 0 Å². The Morgan fingerprint density at radius 3 is 3.00 bits per heavy atom. The number of rotatable bonds is 3. The summed E-state index contributed by atoms with van der Waals surface area (Å²) in [6.45, 7) is 1.48. The van der Waals surface area contributed by atoms with E-state index in [1.165, 1.54) is 4.90 Å². The maximum Gasteiger partial charge on any atom is 0.251 e. The molecule has 0 fully saturated rings. The molecular formula is C17H17ClN2OS. The first-order chi connectivity index (χ1) is 10.6. The lowest BCUT2D eigenvalue weighted by molar-refractivity contribution is 0.0951. The Bertz CT molecular complexity index is 705. The number of thioether (sulfide) groups is 1. The van der Waals surface area contributed by atoms with Crippen molar-refractivity contribution in [2.75, 3.05) is 24.2 Å². The molecule has 0 saturated heterocycles. The first kappa shape index (κ1) is 15.3. The van der Waals surface area contributed by atoms with E-state index in [4.69, 9.17) is 11.6 Å². The third-order valence-electron chi connectivity index (χ3n) is 3.66. The number of nitrogens with zero attached hydrogens (tertiary/aromatic N) is 1. The average Bonchev–Trinajstić information content (AvgIpc) is 2.53.